The van der Waals surface area contributed by atoms with Gasteiger partial charge in [-0.25, -0.2) is 14.4 Å². The highest BCUT2D eigenvalue weighted by atomic mass is 19.1. The number of aliphatic hydroxyl groups excluding tert-OH is 1. The summed E-state index contributed by atoms with van der Waals surface area (Å²) in [5, 5.41) is 12.1. The Kier molecular flexibility index (Phi) is 5.71. The van der Waals surface area contributed by atoms with E-state index in [-0.39, 0.29) is 12.0 Å². The van der Waals surface area contributed by atoms with Crippen LogP contribution in [0.25, 0.3) is 49.9 Å². The number of hydrogen-bond acceptors (Lipinski definition) is 5. The Bertz CT molecular complexity index is 1970. The molecule has 0 saturated heterocycles. The van der Waals surface area contributed by atoms with Crippen molar-refractivity contribution in [3.63, 3.8) is 0 Å². The van der Waals surface area contributed by atoms with Crippen molar-refractivity contribution >= 4 is 21.8 Å². The van der Waals surface area contributed by atoms with Crippen molar-refractivity contribution in [2.75, 3.05) is 7.11 Å². The van der Waals surface area contributed by atoms with Gasteiger partial charge in [-0.15, -0.1) is 0 Å². The third-order valence-corrected chi connectivity index (χ3v) is 7.68. The fourth-order valence-corrected chi connectivity index (χ4v) is 5.49. The molecule has 2 N–H and O–H groups in total. The number of pyridine rings is 3. The third kappa shape index (κ3) is 3.96. The van der Waals surface area contributed by atoms with Crippen LogP contribution in [0.5, 0.6) is 5.88 Å². The second-order valence-corrected chi connectivity index (χ2v) is 10.1. The van der Waals surface area contributed by atoms with Crippen LogP contribution in [0.2, 0.25) is 0 Å². The SMILES string of the molecule is COc1ccc(-c2cc3c(-c4cccc(-n5ccc6cc(C7CC7)cc(F)c6c5=O)c4CO)ccnc3[nH]2)cn1. The second kappa shape index (κ2) is 9.43. The molecule has 2 aromatic carbocycles. The molecule has 0 aliphatic heterocycles. The van der Waals surface area contributed by atoms with Crippen LogP contribution in [-0.2, 0) is 6.61 Å². The predicted molar refractivity (Wildman–Crippen MR) is 152 cm³/mol. The van der Waals surface area contributed by atoms with Crippen molar-refractivity contribution in [1.29, 1.82) is 0 Å². The number of hydrogen-bond donors (Lipinski definition) is 2. The van der Waals surface area contributed by atoms with E-state index < -0.39 is 11.4 Å². The molecular formula is C32H25FN4O3. The van der Waals surface area contributed by atoms with Crippen molar-refractivity contribution in [3.8, 4) is 34.0 Å². The fraction of sp³-hybridized carbons (Fsp3) is 0.156. The van der Waals surface area contributed by atoms with Crippen LogP contribution in [0, 0.1) is 5.82 Å². The lowest BCUT2D eigenvalue weighted by molar-refractivity contribution is 0.282. The lowest BCUT2D eigenvalue weighted by Crippen LogP contribution is -2.20. The van der Waals surface area contributed by atoms with Gasteiger partial charge in [0.25, 0.3) is 5.56 Å². The lowest BCUT2D eigenvalue weighted by atomic mass is 9.96. The topological polar surface area (TPSA) is 93.0 Å². The van der Waals surface area contributed by atoms with E-state index in [1.54, 1.807) is 43.9 Å². The number of nitrogens with zero attached hydrogens (tertiary/aromatic N) is 3. The van der Waals surface area contributed by atoms with Crippen LogP contribution in [-0.4, -0.2) is 31.7 Å². The average molecular weight is 533 g/mol. The van der Waals surface area contributed by atoms with E-state index in [0.29, 0.717) is 34.1 Å². The third-order valence-electron chi connectivity index (χ3n) is 7.68. The Morgan fingerprint density at radius 3 is 2.70 bits per heavy atom. The zero-order valence-corrected chi connectivity index (χ0v) is 21.7. The van der Waals surface area contributed by atoms with E-state index >= 15 is 4.39 Å². The first-order chi connectivity index (χ1) is 19.6. The van der Waals surface area contributed by atoms with Crippen molar-refractivity contribution < 1.29 is 14.2 Å². The van der Waals surface area contributed by atoms with Gasteiger partial charge in [-0.1, -0.05) is 18.2 Å². The van der Waals surface area contributed by atoms with Gasteiger partial charge in [-0.2, -0.15) is 0 Å². The van der Waals surface area contributed by atoms with E-state index in [2.05, 4.69) is 15.0 Å². The first-order valence-corrected chi connectivity index (χ1v) is 13.1. The molecule has 198 valence electrons. The molecule has 6 aromatic rings. The molecule has 1 aliphatic rings. The Morgan fingerprint density at radius 2 is 1.95 bits per heavy atom. The maximum Gasteiger partial charge on any atom is 0.265 e. The molecule has 40 heavy (non-hydrogen) atoms. The summed E-state index contributed by atoms with van der Waals surface area (Å²) >= 11 is 0. The molecule has 4 heterocycles. The summed E-state index contributed by atoms with van der Waals surface area (Å²) in [7, 11) is 1.57. The number of benzene rings is 2. The van der Waals surface area contributed by atoms with Crippen LogP contribution >= 0.6 is 0 Å². The number of aliphatic hydroxyl groups is 1. The summed E-state index contributed by atoms with van der Waals surface area (Å²) in [6, 6.07) is 18.3. The molecular weight excluding hydrogens is 507 g/mol. The summed E-state index contributed by atoms with van der Waals surface area (Å²) in [4.78, 5) is 25.7. The number of fused-ring (bicyclic) bond motifs is 2. The van der Waals surface area contributed by atoms with Crippen molar-refractivity contribution in [1.82, 2.24) is 19.5 Å². The number of rotatable bonds is 6. The number of aromatic amines is 1. The molecule has 0 bridgehead atoms. The molecule has 0 spiro atoms. The van der Waals surface area contributed by atoms with Gasteiger partial charge in [0.2, 0.25) is 5.88 Å². The van der Waals surface area contributed by atoms with Gasteiger partial charge in [-0.3, -0.25) is 9.36 Å². The number of halogens is 1. The van der Waals surface area contributed by atoms with Crippen LogP contribution in [0.1, 0.15) is 29.9 Å². The number of H-pyrrole nitrogens is 1. The van der Waals surface area contributed by atoms with Gasteiger partial charge in [-0.05, 0) is 77.2 Å². The van der Waals surface area contributed by atoms with Gasteiger partial charge in [0, 0.05) is 46.9 Å². The van der Waals surface area contributed by atoms with Crippen LogP contribution in [0.3, 0.4) is 0 Å². The molecule has 0 unspecified atom stereocenters. The van der Waals surface area contributed by atoms with E-state index in [4.69, 9.17) is 4.74 Å². The molecule has 1 saturated carbocycles. The molecule has 4 aromatic heterocycles. The predicted octanol–water partition coefficient (Wildman–Crippen LogP) is 6.11. The smallest absolute Gasteiger partial charge is 0.265 e. The number of aromatic nitrogens is 4. The van der Waals surface area contributed by atoms with Gasteiger partial charge in [0.1, 0.15) is 11.5 Å². The Morgan fingerprint density at radius 1 is 1.07 bits per heavy atom. The monoisotopic (exact) mass is 532 g/mol. The number of nitrogens with one attached hydrogen (secondary N) is 1. The highest BCUT2D eigenvalue weighted by Crippen LogP contribution is 2.41. The molecule has 1 fully saturated rings. The van der Waals surface area contributed by atoms with E-state index in [1.807, 2.05) is 36.4 Å². The largest absolute Gasteiger partial charge is 0.481 e. The van der Waals surface area contributed by atoms with E-state index in [9.17, 15) is 9.90 Å². The van der Waals surface area contributed by atoms with Crippen molar-refractivity contribution in [2.45, 2.75) is 25.4 Å². The van der Waals surface area contributed by atoms with Crippen LogP contribution in [0.4, 0.5) is 4.39 Å². The van der Waals surface area contributed by atoms with Crippen molar-refractivity contribution in [2.24, 2.45) is 0 Å². The summed E-state index contributed by atoms with van der Waals surface area (Å²) < 4.78 is 21.8. The quantitative estimate of drug-likeness (QED) is 0.270. The van der Waals surface area contributed by atoms with Crippen molar-refractivity contribution in [3.05, 3.63) is 107 Å². The van der Waals surface area contributed by atoms with Crippen LogP contribution in [0.15, 0.2) is 84.0 Å². The fourth-order valence-electron chi connectivity index (χ4n) is 5.49. The normalized spacial score (nSPS) is 13.3. The molecule has 8 heteroatoms. The molecule has 1 aliphatic carbocycles. The first kappa shape index (κ1) is 24.2. The average Bonchev–Trinajstić information content (AvgIpc) is 3.74. The van der Waals surface area contributed by atoms with Crippen LogP contribution < -0.4 is 10.3 Å². The maximum absolute atomic E-state index is 15.2. The second-order valence-electron chi connectivity index (χ2n) is 10.1. The molecule has 0 amide bonds. The summed E-state index contributed by atoms with van der Waals surface area (Å²) in [6.07, 6.45) is 7.19. The Balaban J connectivity index is 1.37. The van der Waals surface area contributed by atoms with Gasteiger partial charge in [0.15, 0.2) is 0 Å². The molecule has 0 radical (unpaired) electrons. The zero-order valence-electron chi connectivity index (χ0n) is 21.7. The standard InChI is InChI=1S/C32H25FN4O3/c1-40-29-8-7-20(16-35-29)27-15-24-23(9-11-34-31(24)36-27)22-3-2-4-28(25(22)17-38)37-12-10-19-13-21(18-5-6-18)14-26(33)30(19)32(37)39/h2-4,7-16,18,38H,5-6,17H2,1H3,(H,34,36). The minimum Gasteiger partial charge on any atom is -0.481 e. The van der Waals surface area contributed by atoms with Gasteiger partial charge < -0.3 is 14.8 Å². The summed E-state index contributed by atoms with van der Waals surface area (Å²) in [5.74, 6) is 0.394. The number of methoxy groups -OCH3 is 1. The zero-order chi connectivity index (χ0) is 27.4. The Hall–Kier alpha value is -4.82. The highest BCUT2D eigenvalue weighted by molar-refractivity contribution is 5.97. The molecule has 7 rings (SSSR count). The number of ether oxygens (including phenoxy) is 1. The van der Waals surface area contributed by atoms with Gasteiger partial charge >= 0.3 is 0 Å². The summed E-state index contributed by atoms with van der Waals surface area (Å²) in [5.41, 5.74) is 5.51. The maximum atomic E-state index is 15.2. The molecule has 7 nitrogen and oxygen atoms in total. The Labute approximate surface area is 228 Å². The van der Waals surface area contributed by atoms with E-state index in [1.165, 1.54) is 10.6 Å². The lowest BCUT2D eigenvalue weighted by Gasteiger charge is -2.16. The minimum atomic E-state index is -0.510. The minimum absolute atomic E-state index is 0.0517. The van der Waals surface area contributed by atoms with Gasteiger partial charge in [0.05, 0.1) is 24.8 Å². The summed E-state index contributed by atoms with van der Waals surface area (Å²) in [6.45, 7) is -0.317. The van der Waals surface area contributed by atoms with E-state index in [0.717, 1.165) is 46.2 Å². The molecule has 0 atom stereocenters. The first-order valence-electron chi connectivity index (χ1n) is 13.1. The highest BCUT2D eigenvalue weighted by Gasteiger charge is 2.25.